The maximum atomic E-state index is 15.3. The summed E-state index contributed by atoms with van der Waals surface area (Å²) in [5, 5.41) is 6.16. The van der Waals surface area contributed by atoms with E-state index in [1.807, 2.05) is 36.6 Å². The summed E-state index contributed by atoms with van der Waals surface area (Å²) in [7, 11) is 0. The van der Waals surface area contributed by atoms with Crippen LogP contribution in [-0.2, 0) is 4.79 Å². The quantitative estimate of drug-likeness (QED) is 0.135. The predicted octanol–water partition coefficient (Wildman–Crippen LogP) is 4.18. The highest BCUT2D eigenvalue weighted by Crippen LogP contribution is 2.44. The number of nitrogen functional groups attached to an aromatic ring is 1. The number of hydrogen-bond acceptors (Lipinski definition) is 8. The number of benzene rings is 1. The van der Waals surface area contributed by atoms with E-state index in [1.165, 1.54) is 6.92 Å². The first kappa shape index (κ1) is 28.4. The SMILES string of the molecule is CC(=O)c1cn2c3c(c(NCCNc4ccccn4)c(F)c(N)c3c1=O)OCC2C(C)C.O=CC(F)(F)F. The summed E-state index contributed by atoms with van der Waals surface area (Å²) in [4.78, 5) is 38.0. The summed E-state index contributed by atoms with van der Waals surface area (Å²) >= 11 is 0. The van der Waals surface area contributed by atoms with Gasteiger partial charge in [-0.3, -0.25) is 14.4 Å². The molecule has 0 radical (unpaired) electrons. The number of aldehydes is 1. The van der Waals surface area contributed by atoms with Crippen molar-refractivity contribution in [1.82, 2.24) is 9.55 Å². The number of pyridine rings is 2. The smallest absolute Gasteiger partial charge is 0.446 e. The lowest BCUT2D eigenvalue weighted by Crippen LogP contribution is -2.31. The Morgan fingerprint density at radius 2 is 1.95 bits per heavy atom. The summed E-state index contributed by atoms with van der Waals surface area (Å²) in [6.45, 7) is 6.47. The minimum atomic E-state index is -4.64. The average Bonchev–Trinajstić information content (AvgIpc) is 2.87. The molecule has 1 atom stereocenters. The van der Waals surface area contributed by atoms with Crippen LogP contribution in [0.5, 0.6) is 5.75 Å². The van der Waals surface area contributed by atoms with Crippen molar-refractivity contribution in [2.75, 3.05) is 36.1 Å². The molecule has 13 heteroatoms. The molecule has 0 saturated heterocycles. The van der Waals surface area contributed by atoms with Gasteiger partial charge in [0.15, 0.2) is 17.3 Å². The van der Waals surface area contributed by atoms with Gasteiger partial charge >= 0.3 is 6.18 Å². The third kappa shape index (κ3) is 6.03. The van der Waals surface area contributed by atoms with Gasteiger partial charge in [0.1, 0.15) is 18.1 Å². The highest BCUT2D eigenvalue weighted by Gasteiger charge is 2.32. The Balaban J connectivity index is 0.000000599. The maximum absolute atomic E-state index is 15.3. The number of nitrogens with one attached hydrogen (secondary N) is 2. The number of hydrogen-bond donors (Lipinski definition) is 3. The summed E-state index contributed by atoms with van der Waals surface area (Å²) in [6.07, 6.45) is -2.47. The second-order valence-corrected chi connectivity index (χ2v) is 8.84. The second kappa shape index (κ2) is 11.5. The number of halogens is 4. The van der Waals surface area contributed by atoms with Crippen LogP contribution in [0.1, 0.15) is 37.2 Å². The van der Waals surface area contributed by atoms with E-state index in [4.69, 9.17) is 15.3 Å². The average molecular weight is 538 g/mol. The molecule has 38 heavy (non-hydrogen) atoms. The maximum Gasteiger partial charge on any atom is 0.446 e. The third-order valence-corrected chi connectivity index (χ3v) is 5.84. The van der Waals surface area contributed by atoms with E-state index in [2.05, 4.69) is 15.6 Å². The minimum absolute atomic E-state index is 0.0117. The Morgan fingerprint density at radius 1 is 1.29 bits per heavy atom. The first-order chi connectivity index (χ1) is 17.9. The summed E-state index contributed by atoms with van der Waals surface area (Å²) in [6, 6.07) is 5.38. The molecule has 0 fully saturated rings. The topological polar surface area (TPSA) is 128 Å². The number of carbonyl (C=O) groups is 2. The van der Waals surface area contributed by atoms with E-state index in [9.17, 15) is 22.8 Å². The highest BCUT2D eigenvalue weighted by atomic mass is 19.4. The van der Waals surface area contributed by atoms with Gasteiger partial charge in [-0.2, -0.15) is 13.2 Å². The number of aromatic nitrogens is 2. The second-order valence-electron chi connectivity index (χ2n) is 8.84. The van der Waals surface area contributed by atoms with Gasteiger partial charge in [-0.25, -0.2) is 9.37 Å². The first-order valence-electron chi connectivity index (χ1n) is 11.6. The molecular formula is C25H27F4N5O4. The number of nitrogens with two attached hydrogens (primary N) is 1. The molecule has 1 aromatic carbocycles. The Kier molecular flexibility index (Phi) is 8.59. The third-order valence-electron chi connectivity index (χ3n) is 5.84. The number of ether oxygens (including phenoxy) is 1. The van der Waals surface area contributed by atoms with E-state index in [1.54, 1.807) is 12.4 Å². The van der Waals surface area contributed by atoms with E-state index in [-0.39, 0.29) is 52.4 Å². The molecule has 1 unspecified atom stereocenters. The van der Waals surface area contributed by atoms with Crippen LogP contribution in [0.25, 0.3) is 10.9 Å². The number of Topliss-reactive ketones (excluding diaryl/α,β-unsaturated/α-hetero) is 1. The van der Waals surface area contributed by atoms with E-state index < -0.39 is 23.7 Å². The van der Waals surface area contributed by atoms with Crippen molar-refractivity contribution in [2.24, 2.45) is 5.92 Å². The molecule has 204 valence electrons. The zero-order chi connectivity index (χ0) is 28.2. The van der Waals surface area contributed by atoms with Crippen molar-refractivity contribution < 1.29 is 31.9 Å². The molecule has 9 nitrogen and oxygen atoms in total. The van der Waals surface area contributed by atoms with Crippen LogP contribution < -0.4 is 26.5 Å². The summed E-state index contributed by atoms with van der Waals surface area (Å²) in [5.41, 5.74) is 5.72. The number of nitrogens with zero attached hydrogens (tertiary/aromatic N) is 2. The van der Waals surface area contributed by atoms with Crippen molar-refractivity contribution in [3.05, 3.63) is 52.2 Å². The fourth-order valence-corrected chi connectivity index (χ4v) is 4.00. The number of anilines is 3. The number of carbonyl (C=O) groups excluding carboxylic acids is 2. The largest absolute Gasteiger partial charge is 0.487 e. The van der Waals surface area contributed by atoms with Gasteiger partial charge in [-0.05, 0) is 25.0 Å². The fraction of sp³-hybridized carbons (Fsp3) is 0.360. The summed E-state index contributed by atoms with van der Waals surface area (Å²) < 4.78 is 54.4. The van der Waals surface area contributed by atoms with Crippen LogP contribution in [0.4, 0.5) is 34.8 Å². The van der Waals surface area contributed by atoms with Gasteiger partial charge in [-0.1, -0.05) is 19.9 Å². The van der Waals surface area contributed by atoms with Crippen molar-refractivity contribution in [1.29, 1.82) is 0 Å². The van der Waals surface area contributed by atoms with Crippen LogP contribution >= 0.6 is 0 Å². The van der Waals surface area contributed by atoms with Gasteiger partial charge in [-0.15, -0.1) is 0 Å². The minimum Gasteiger partial charge on any atom is -0.487 e. The number of alkyl halides is 3. The van der Waals surface area contributed by atoms with E-state index in [0.29, 0.717) is 24.4 Å². The number of rotatable bonds is 7. The van der Waals surface area contributed by atoms with Gasteiger partial charge in [0.2, 0.25) is 11.7 Å². The Labute approximate surface area is 215 Å². The van der Waals surface area contributed by atoms with Crippen LogP contribution in [-0.4, -0.2) is 47.5 Å². The molecule has 0 bridgehead atoms. The van der Waals surface area contributed by atoms with Crippen LogP contribution in [0.3, 0.4) is 0 Å². The number of ketones is 1. The molecule has 4 N–H and O–H groups in total. The molecule has 1 aliphatic heterocycles. The molecule has 0 amide bonds. The first-order valence-corrected chi connectivity index (χ1v) is 11.6. The highest BCUT2D eigenvalue weighted by molar-refractivity contribution is 6.04. The molecule has 0 aliphatic carbocycles. The predicted molar refractivity (Wildman–Crippen MR) is 135 cm³/mol. The standard InChI is InChI=1S/C23H26FN5O3.C2HF3O/c1-12(2)15-11-32-23-20(28-9-8-27-16-6-4-5-7-26-16)18(24)19(25)17-21(23)29(15)10-14(13(3)30)22(17)31;3-2(4,5)1-6/h4-7,10,12,15,28H,8-9,11,25H2,1-3H3,(H,26,27);1H. The molecule has 3 heterocycles. The fourth-order valence-electron chi connectivity index (χ4n) is 4.00. The monoisotopic (exact) mass is 537 g/mol. The normalized spacial score (nSPS) is 14.4. The molecule has 2 aromatic heterocycles. The zero-order valence-corrected chi connectivity index (χ0v) is 20.9. The Bertz CT molecular complexity index is 1390. The molecule has 0 spiro atoms. The van der Waals surface area contributed by atoms with Crippen molar-refractivity contribution in [3.8, 4) is 5.75 Å². The van der Waals surface area contributed by atoms with Crippen molar-refractivity contribution in [3.63, 3.8) is 0 Å². The molecule has 4 rings (SSSR count). The lowest BCUT2D eigenvalue weighted by Gasteiger charge is -2.33. The van der Waals surface area contributed by atoms with Crippen LogP contribution in [0, 0.1) is 11.7 Å². The lowest BCUT2D eigenvalue weighted by atomic mass is 9.98. The molecule has 0 saturated carbocycles. The van der Waals surface area contributed by atoms with E-state index >= 15 is 4.39 Å². The van der Waals surface area contributed by atoms with Gasteiger partial charge in [0.05, 0.1) is 28.2 Å². The van der Waals surface area contributed by atoms with Crippen molar-refractivity contribution in [2.45, 2.75) is 33.0 Å². The van der Waals surface area contributed by atoms with Crippen LogP contribution in [0.2, 0.25) is 0 Å². The van der Waals surface area contributed by atoms with Gasteiger partial charge in [0.25, 0.3) is 0 Å². The lowest BCUT2D eigenvalue weighted by molar-refractivity contribution is -0.156. The van der Waals surface area contributed by atoms with Crippen molar-refractivity contribution >= 4 is 40.2 Å². The zero-order valence-electron chi connectivity index (χ0n) is 20.9. The van der Waals surface area contributed by atoms with Crippen LogP contribution in [0.15, 0.2) is 35.4 Å². The van der Waals surface area contributed by atoms with Gasteiger partial charge in [0, 0.05) is 25.5 Å². The Hall–Kier alpha value is -4.16. The summed E-state index contributed by atoms with van der Waals surface area (Å²) in [5.74, 6) is -0.0696. The molecule has 3 aromatic rings. The Morgan fingerprint density at radius 3 is 2.50 bits per heavy atom. The van der Waals surface area contributed by atoms with Gasteiger partial charge < -0.3 is 25.7 Å². The molecular weight excluding hydrogens is 510 g/mol. The molecule has 1 aliphatic rings. The van der Waals surface area contributed by atoms with E-state index in [0.717, 1.165) is 0 Å².